The maximum absolute atomic E-state index is 10.5. The largest absolute Gasteiger partial charge is 0.323 e. The summed E-state index contributed by atoms with van der Waals surface area (Å²) in [6, 6.07) is 4.17. The van der Waals surface area contributed by atoms with E-state index in [-0.39, 0.29) is 5.69 Å². The van der Waals surface area contributed by atoms with E-state index in [0.29, 0.717) is 10.6 Å². The van der Waals surface area contributed by atoms with Crippen molar-refractivity contribution in [3.05, 3.63) is 38.9 Å². The van der Waals surface area contributed by atoms with E-state index in [9.17, 15) is 10.1 Å². The smallest absolute Gasteiger partial charge is 0.278 e. The maximum atomic E-state index is 10.5. The molecule has 5 nitrogen and oxygen atoms in total. The monoisotopic (exact) mass is 199 g/mol. The number of hydrogen-bond donors (Lipinski definition) is 1. The third-order valence-electron chi connectivity index (χ3n) is 1.40. The Morgan fingerprint density at radius 2 is 2.31 bits per heavy atom. The van der Waals surface area contributed by atoms with Crippen LogP contribution in [0.2, 0.25) is 5.02 Å². The molecule has 6 heteroatoms. The van der Waals surface area contributed by atoms with Crippen molar-refractivity contribution in [3.8, 4) is 0 Å². The molecule has 0 bridgehead atoms. The van der Waals surface area contributed by atoms with Crippen LogP contribution >= 0.6 is 11.6 Å². The first-order valence-electron chi connectivity index (χ1n) is 3.32. The third-order valence-corrected chi connectivity index (χ3v) is 1.63. The van der Waals surface area contributed by atoms with Crippen LogP contribution < -0.4 is 5.84 Å². The van der Waals surface area contributed by atoms with Crippen molar-refractivity contribution in [1.29, 1.82) is 0 Å². The van der Waals surface area contributed by atoms with Gasteiger partial charge in [-0.3, -0.25) is 10.1 Å². The molecule has 0 heterocycles. The quantitative estimate of drug-likeness (QED) is 0.340. The summed E-state index contributed by atoms with van der Waals surface area (Å²) in [6.07, 6.45) is 1.18. The molecule has 0 aromatic heterocycles. The predicted molar refractivity (Wildman–Crippen MR) is 49.9 cm³/mol. The summed E-state index contributed by atoms with van der Waals surface area (Å²) in [5.74, 6) is 4.88. The van der Waals surface area contributed by atoms with Crippen molar-refractivity contribution in [2.45, 2.75) is 0 Å². The first kappa shape index (κ1) is 9.47. The molecule has 0 aliphatic rings. The molecule has 0 saturated carbocycles. The van der Waals surface area contributed by atoms with Crippen molar-refractivity contribution in [3.63, 3.8) is 0 Å². The lowest BCUT2D eigenvalue weighted by Gasteiger charge is -1.96. The lowest BCUT2D eigenvalue weighted by molar-refractivity contribution is -0.385. The summed E-state index contributed by atoms with van der Waals surface area (Å²) < 4.78 is 0. The molecular weight excluding hydrogens is 194 g/mol. The molecule has 2 N–H and O–H groups in total. The van der Waals surface area contributed by atoms with Crippen molar-refractivity contribution in [2.75, 3.05) is 0 Å². The van der Waals surface area contributed by atoms with Crippen LogP contribution in [-0.4, -0.2) is 11.1 Å². The van der Waals surface area contributed by atoms with E-state index in [1.165, 1.54) is 24.4 Å². The highest BCUT2D eigenvalue weighted by Gasteiger charge is 2.11. The molecule has 68 valence electrons. The van der Waals surface area contributed by atoms with Gasteiger partial charge in [-0.05, 0) is 12.1 Å². The van der Waals surface area contributed by atoms with Gasteiger partial charge >= 0.3 is 0 Å². The molecular formula is C7H6ClN3O2. The second kappa shape index (κ2) is 3.86. The van der Waals surface area contributed by atoms with Crippen LogP contribution in [-0.2, 0) is 0 Å². The van der Waals surface area contributed by atoms with Gasteiger partial charge in [0.15, 0.2) is 0 Å². The van der Waals surface area contributed by atoms with E-state index >= 15 is 0 Å². The molecule has 0 spiro atoms. The van der Waals surface area contributed by atoms with Crippen LogP contribution in [0.5, 0.6) is 0 Å². The fraction of sp³-hybridized carbons (Fsp3) is 0. The zero-order valence-electron chi connectivity index (χ0n) is 6.48. The normalized spacial score (nSPS) is 10.5. The maximum Gasteiger partial charge on any atom is 0.278 e. The van der Waals surface area contributed by atoms with Crippen LogP contribution in [0, 0.1) is 10.1 Å². The molecule has 1 rings (SSSR count). The number of benzene rings is 1. The molecule has 0 aliphatic heterocycles. The number of hydrazone groups is 1. The van der Waals surface area contributed by atoms with Gasteiger partial charge in [-0.1, -0.05) is 11.6 Å². The Labute approximate surface area is 79.0 Å². The average Bonchev–Trinajstić information content (AvgIpc) is 2.04. The summed E-state index contributed by atoms with van der Waals surface area (Å²) in [5, 5.41) is 14.1. The van der Waals surface area contributed by atoms with Crippen molar-refractivity contribution in [1.82, 2.24) is 0 Å². The molecule has 0 saturated heterocycles. The van der Waals surface area contributed by atoms with Gasteiger partial charge in [-0.2, -0.15) is 5.10 Å². The van der Waals surface area contributed by atoms with Crippen LogP contribution in [0.15, 0.2) is 23.3 Å². The van der Waals surface area contributed by atoms with Crippen molar-refractivity contribution < 1.29 is 4.92 Å². The Morgan fingerprint density at radius 3 is 2.85 bits per heavy atom. The highest BCUT2D eigenvalue weighted by Crippen LogP contribution is 2.20. The van der Waals surface area contributed by atoms with Gasteiger partial charge in [0.25, 0.3) is 5.69 Å². The lowest BCUT2D eigenvalue weighted by Crippen LogP contribution is -1.95. The molecule has 0 unspecified atom stereocenters. The fourth-order valence-electron chi connectivity index (χ4n) is 0.875. The summed E-state index contributed by atoms with van der Waals surface area (Å²) in [7, 11) is 0. The minimum atomic E-state index is -0.520. The minimum absolute atomic E-state index is 0.0707. The van der Waals surface area contributed by atoms with E-state index in [4.69, 9.17) is 17.4 Å². The summed E-state index contributed by atoms with van der Waals surface area (Å²) >= 11 is 5.63. The van der Waals surface area contributed by atoms with Crippen LogP contribution in [0.1, 0.15) is 5.56 Å². The second-order valence-corrected chi connectivity index (χ2v) is 2.67. The van der Waals surface area contributed by atoms with Crippen molar-refractivity contribution >= 4 is 23.5 Å². The number of nitro benzene ring substituents is 1. The average molecular weight is 200 g/mol. The van der Waals surface area contributed by atoms with Gasteiger partial charge in [0.1, 0.15) is 0 Å². The minimum Gasteiger partial charge on any atom is -0.323 e. The Kier molecular flexibility index (Phi) is 2.81. The van der Waals surface area contributed by atoms with Crippen LogP contribution in [0.3, 0.4) is 0 Å². The number of nitrogens with two attached hydrogens (primary N) is 1. The van der Waals surface area contributed by atoms with Gasteiger partial charge in [-0.25, -0.2) is 0 Å². The lowest BCUT2D eigenvalue weighted by atomic mass is 10.2. The molecule has 0 amide bonds. The van der Waals surface area contributed by atoms with E-state index < -0.39 is 4.92 Å². The summed E-state index contributed by atoms with van der Waals surface area (Å²) in [5.41, 5.74) is 0.221. The number of hydrogen-bond acceptors (Lipinski definition) is 4. The fourth-order valence-corrected chi connectivity index (χ4v) is 1.06. The third kappa shape index (κ3) is 2.16. The highest BCUT2D eigenvalue weighted by atomic mass is 35.5. The Balaban J connectivity index is 3.26. The van der Waals surface area contributed by atoms with E-state index in [1.54, 1.807) is 0 Å². The topological polar surface area (TPSA) is 81.5 Å². The molecule has 0 aliphatic carbocycles. The highest BCUT2D eigenvalue weighted by molar-refractivity contribution is 6.31. The van der Waals surface area contributed by atoms with E-state index in [2.05, 4.69) is 5.10 Å². The molecule has 0 radical (unpaired) electrons. The van der Waals surface area contributed by atoms with Gasteiger partial charge in [0.2, 0.25) is 0 Å². The molecule has 1 aromatic rings. The Morgan fingerprint density at radius 1 is 1.62 bits per heavy atom. The Hall–Kier alpha value is -1.62. The second-order valence-electron chi connectivity index (χ2n) is 2.24. The SMILES string of the molecule is N/N=C/c1cc(Cl)ccc1[N+](=O)[O-]. The molecule has 0 atom stereocenters. The molecule has 1 aromatic carbocycles. The first-order valence-corrected chi connectivity index (χ1v) is 3.70. The van der Waals surface area contributed by atoms with Gasteiger partial charge in [-0.15, -0.1) is 0 Å². The number of rotatable bonds is 2. The van der Waals surface area contributed by atoms with Crippen LogP contribution in [0.25, 0.3) is 0 Å². The predicted octanol–water partition coefficient (Wildman–Crippen LogP) is 1.54. The van der Waals surface area contributed by atoms with E-state index in [1.807, 2.05) is 0 Å². The number of halogens is 1. The van der Waals surface area contributed by atoms with Gasteiger partial charge < -0.3 is 5.84 Å². The summed E-state index contributed by atoms with van der Waals surface area (Å²) in [6.45, 7) is 0. The van der Waals surface area contributed by atoms with Crippen LogP contribution in [0.4, 0.5) is 5.69 Å². The molecule has 0 fully saturated rings. The Bertz CT molecular complexity index is 365. The molecule has 13 heavy (non-hydrogen) atoms. The zero-order valence-corrected chi connectivity index (χ0v) is 7.23. The van der Waals surface area contributed by atoms with Gasteiger partial charge in [0.05, 0.1) is 16.7 Å². The first-order chi connectivity index (χ1) is 6.15. The van der Waals surface area contributed by atoms with Gasteiger partial charge in [0, 0.05) is 11.1 Å². The number of nitrogens with zero attached hydrogens (tertiary/aromatic N) is 2. The van der Waals surface area contributed by atoms with E-state index in [0.717, 1.165) is 0 Å². The van der Waals surface area contributed by atoms with Crippen molar-refractivity contribution in [2.24, 2.45) is 10.9 Å². The zero-order chi connectivity index (χ0) is 9.84. The standard InChI is InChI=1S/C7H6ClN3O2/c8-6-1-2-7(11(12)13)5(3-6)4-10-9/h1-4H,9H2/b10-4+. The summed E-state index contributed by atoms with van der Waals surface area (Å²) in [4.78, 5) is 9.95. The number of nitro groups is 1.